The summed E-state index contributed by atoms with van der Waals surface area (Å²) < 4.78 is 5.38. The fourth-order valence-electron chi connectivity index (χ4n) is 2.30. The number of hydrogen-bond donors (Lipinski definition) is 1. The summed E-state index contributed by atoms with van der Waals surface area (Å²) >= 11 is 0. The number of aryl methyl sites for hydroxylation is 1. The van der Waals surface area contributed by atoms with Crippen molar-refractivity contribution in [2.75, 3.05) is 43.1 Å². The average Bonchev–Trinajstić information content (AvgIpc) is 2.45. The van der Waals surface area contributed by atoms with Gasteiger partial charge in [0.2, 0.25) is 5.95 Å². The molecular weight excluding hydrogens is 240 g/mol. The first-order chi connectivity index (χ1) is 9.26. The molecule has 0 spiro atoms. The maximum Gasteiger partial charge on any atom is 0.227 e. The van der Waals surface area contributed by atoms with Crippen molar-refractivity contribution in [2.45, 2.75) is 33.6 Å². The van der Waals surface area contributed by atoms with Crippen molar-refractivity contribution < 1.29 is 4.74 Å². The van der Waals surface area contributed by atoms with E-state index in [9.17, 15) is 0 Å². The van der Waals surface area contributed by atoms with Gasteiger partial charge >= 0.3 is 0 Å². The van der Waals surface area contributed by atoms with E-state index in [0.29, 0.717) is 0 Å². The molecule has 0 bridgehead atoms. The van der Waals surface area contributed by atoms with Crippen molar-refractivity contribution in [3.05, 3.63) is 11.3 Å². The van der Waals surface area contributed by atoms with Gasteiger partial charge in [-0.3, -0.25) is 0 Å². The fourth-order valence-corrected chi connectivity index (χ4v) is 2.30. The highest BCUT2D eigenvalue weighted by Crippen LogP contribution is 2.21. The van der Waals surface area contributed by atoms with E-state index >= 15 is 0 Å². The van der Waals surface area contributed by atoms with Crippen molar-refractivity contribution in [1.82, 2.24) is 9.97 Å². The van der Waals surface area contributed by atoms with Crippen molar-refractivity contribution in [3.63, 3.8) is 0 Å². The molecule has 0 atom stereocenters. The Bertz CT molecular complexity index is 416. The number of aromatic nitrogens is 2. The zero-order valence-electron chi connectivity index (χ0n) is 12.2. The predicted molar refractivity (Wildman–Crippen MR) is 78.0 cm³/mol. The van der Waals surface area contributed by atoms with E-state index in [4.69, 9.17) is 9.72 Å². The summed E-state index contributed by atoms with van der Waals surface area (Å²) in [5.74, 6) is 1.83. The normalized spacial score (nSPS) is 15.6. The van der Waals surface area contributed by atoms with Gasteiger partial charge < -0.3 is 15.0 Å². The molecular formula is C14H24N4O. The Hall–Kier alpha value is -1.36. The third kappa shape index (κ3) is 3.35. The summed E-state index contributed by atoms with van der Waals surface area (Å²) in [6, 6.07) is 0. The third-order valence-corrected chi connectivity index (χ3v) is 3.39. The highest BCUT2D eigenvalue weighted by Gasteiger charge is 2.17. The molecule has 0 unspecified atom stereocenters. The highest BCUT2D eigenvalue weighted by atomic mass is 16.5. The Balaban J connectivity index is 2.26. The molecule has 1 N–H and O–H groups in total. The molecule has 1 saturated heterocycles. The van der Waals surface area contributed by atoms with Crippen LogP contribution in [0.25, 0.3) is 0 Å². The molecule has 2 rings (SSSR count). The number of rotatable bonds is 5. The number of ether oxygens (including phenoxy) is 1. The van der Waals surface area contributed by atoms with Gasteiger partial charge in [0.05, 0.1) is 13.2 Å². The molecule has 106 valence electrons. The quantitative estimate of drug-likeness (QED) is 0.881. The zero-order chi connectivity index (χ0) is 13.7. The minimum atomic E-state index is 0.760. The maximum absolute atomic E-state index is 5.38. The molecule has 1 aliphatic heterocycles. The van der Waals surface area contributed by atoms with E-state index < -0.39 is 0 Å². The van der Waals surface area contributed by atoms with Crippen LogP contribution in [0.2, 0.25) is 0 Å². The lowest BCUT2D eigenvalue weighted by Gasteiger charge is -2.28. The van der Waals surface area contributed by atoms with Gasteiger partial charge in [-0.1, -0.05) is 13.8 Å². The molecule has 1 aliphatic rings. The molecule has 19 heavy (non-hydrogen) atoms. The van der Waals surface area contributed by atoms with E-state index in [-0.39, 0.29) is 0 Å². The SMILES string of the molecule is CCCNc1nc(N2CCOCC2)nc(C)c1CC. The lowest BCUT2D eigenvalue weighted by atomic mass is 10.1. The van der Waals surface area contributed by atoms with Crippen LogP contribution in [0.4, 0.5) is 11.8 Å². The second-order valence-electron chi connectivity index (χ2n) is 4.82. The third-order valence-electron chi connectivity index (χ3n) is 3.39. The molecule has 0 saturated carbocycles. The summed E-state index contributed by atoms with van der Waals surface area (Å²) in [6.45, 7) is 10.6. The monoisotopic (exact) mass is 264 g/mol. The van der Waals surface area contributed by atoms with Gasteiger partial charge in [-0.15, -0.1) is 0 Å². The lowest BCUT2D eigenvalue weighted by molar-refractivity contribution is 0.122. The Morgan fingerprint density at radius 3 is 2.58 bits per heavy atom. The van der Waals surface area contributed by atoms with Crippen LogP contribution in [-0.4, -0.2) is 42.8 Å². The molecule has 0 aliphatic carbocycles. The molecule has 0 aromatic carbocycles. The molecule has 0 amide bonds. The Morgan fingerprint density at radius 1 is 1.21 bits per heavy atom. The van der Waals surface area contributed by atoms with Crippen molar-refractivity contribution in [1.29, 1.82) is 0 Å². The smallest absolute Gasteiger partial charge is 0.227 e. The average molecular weight is 264 g/mol. The highest BCUT2D eigenvalue weighted by molar-refractivity contribution is 5.51. The first-order valence-corrected chi connectivity index (χ1v) is 7.20. The first-order valence-electron chi connectivity index (χ1n) is 7.20. The second-order valence-corrected chi connectivity index (χ2v) is 4.82. The summed E-state index contributed by atoms with van der Waals surface area (Å²) in [7, 11) is 0. The molecule has 1 aromatic rings. The van der Waals surface area contributed by atoms with E-state index in [1.54, 1.807) is 0 Å². The Labute approximate surface area is 115 Å². The second kappa shape index (κ2) is 6.70. The minimum Gasteiger partial charge on any atom is -0.378 e. The predicted octanol–water partition coefficient (Wildman–Crippen LogP) is 2.01. The maximum atomic E-state index is 5.38. The van der Waals surface area contributed by atoms with Gasteiger partial charge in [0.25, 0.3) is 0 Å². The Morgan fingerprint density at radius 2 is 1.95 bits per heavy atom. The van der Waals surface area contributed by atoms with Gasteiger partial charge in [-0.05, 0) is 19.8 Å². The number of nitrogens with one attached hydrogen (secondary N) is 1. The van der Waals surface area contributed by atoms with Crippen LogP contribution in [0.3, 0.4) is 0 Å². The molecule has 0 radical (unpaired) electrons. The van der Waals surface area contributed by atoms with E-state index in [2.05, 4.69) is 36.0 Å². The van der Waals surface area contributed by atoms with Crippen LogP contribution < -0.4 is 10.2 Å². The zero-order valence-corrected chi connectivity index (χ0v) is 12.2. The largest absolute Gasteiger partial charge is 0.378 e. The van der Waals surface area contributed by atoms with Gasteiger partial charge in [-0.25, -0.2) is 4.98 Å². The lowest BCUT2D eigenvalue weighted by Crippen LogP contribution is -2.37. The van der Waals surface area contributed by atoms with E-state index in [1.165, 1.54) is 5.56 Å². The van der Waals surface area contributed by atoms with Crippen LogP contribution >= 0.6 is 0 Å². The van der Waals surface area contributed by atoms with Gasteiger partial charge in [0, 0.05) is 30.9 Å². The van der Waals surface area contributed by atoms with Gasteiger partial charge in [0.1, 0.15) is 5.82 Å². The number of nitrogens with zero attached hydrogens (tertiary/aromatic N) is 3. The number of hydrogen-bond acceptors (Lipinski definition) is 5. The van der Waals surface area contributed by atoms with Crippen LogP contribution in [0.5, 0.6) is 0 Å². The van der Waals surface area contributed by atoms with Crippen LogP contribution in [0, 0.1) is 6.92 Å². The van der Waals surface area contributed by atoms with Crippen molar-refractivity contribution >= 4 is 11.8 Å². The standard InChI is InChI=1S/C14H24N4O/c1-4-6-15-13-12(5-2)11(3)16-14(17-13)18-7-9-19-10-8-18/h4-10H2,1-3H3,(H,15,16,17). The van der Waals surface area contributed by atoms with Gasteiger partial charge in [-0.2, -0.15) is 4.98 Å². The topological polar surface area (TPSA) is 50.3 Å². The number of anilines is 2. The molecule has 5 nitrogen and oxygen atoms in total. The van der Waals surface area contributed by atoms with Gasteiger partial charge in [0.15, 0.2) is 0 Å². The summed E-state index contributed by atoms with van der Waals surface area (Å²) in [6.07, 6.45) is 2.06. The molecule has 5 heteroatoms. The van der Waals surface area contributed by atoms with Crippen molar-refractivity contribution in [2.24, 2.45) is 0 Å². The fraction of sp³-hybridized carbons (Fsp3) is 0.714. The van der Waals surface area contributed by atoms with E-state index in [0.717, 1.165) is 63.1 Å². The summed E-state index contributed by atoms with van der Waals surface area (Å²) in [5, 5.41) is 3.43. The number of morpholine rings is 1. The van der Waals surface area contributed by atoms with Crippen LogP contribution in [0.1, 0.15) is 31.5 Å². The first kappa shape index (κ1) is 14.1. The molecule has 2 heterocycles. The minimum absolute atomic E-state index is 0.760. The van der Waals surface area contributed by atoms with E-state index in [1.807, 2.05) is 0 Å². The van der Waals surface area contributed by atoms with Crippen LogP contribution in [0.15, 0.2) is 0 Å². The van der Waals surface area contributed by atoms with Crippen LogP contribution in [-0.2, 0) is 11.2 Å². The molecule has 1 fully saturated rings. The summed E-state index contributed by atoms with van der Waals surface area (Å²) in [5.41, 5.74) is 2.31. The Kier molecular flexibility index (Phi) is 4.96. The van der Waals surface area contributed by atoms with Crippen molar-refractivity contribution in [3.8, 4) is 0 Å². The molecule has 1 aromatic heterocycles. The summed E-state index contributed by atoms with van der Waals surface area (Å²) in [4.78, 5) is 11.6.